The van der Waals surface area contributed by atoms with E-state index in [2.05, 4.69) is 15.5 Å². The van der Waals surface area contributed by atoms with E-state index >= 15 is 0 Å². The summed E-state index contributed by atoms with van der Waals surface area (Å²) >= 11 is 0. The van der Waals surface area contributed by atoms with Gasteiger partial charge in [-0.05, 0) is 24.1 Å². The van der Waals surface area contributed by atoms with Crippen LogP contribution in [0.5, 0.6) is 0 Å². The van der Waals surface area contributed by atoms with Crippen LogP contribution in [0.3, 0.4) is 0 Å². The summed E-state index contributed by atoms with van der Waals surface area (Å²) in [5, 5.41) is 4.87. The lowest BCUT2D eigenvalue weighted by Crippen LogP contribution is -2.18. The van der Waals surface area contributed by atoms with Crippen LogP contribution in [-0.2, 0) is 6.42 Å². The number of para-hydroxylation sites is 1. The second-order valence-electron chi connectivity index (χ2n) is 5.14. The number of nitrogens with one attached hydrogen (secondary N) is 1. The third kappa shape index (κ3) is 3.43. The average Bonchev–Trinajstić information content (AvgIpc) is 2.61. The largest absolute Gasteiger partial charge is 0.272 e. The lowest BCUT2D eigenvalue weighted by atomic mass is 10.1. The van der Waals surface area contributed by atoms with Gasteiger partial charge in [0.15, 0.2) is 0 Å². The molecule has 1 aromatic heterocycles. The number of fused-ring (bicyclic) bond motifs is 1. The SMILES string of the molecule is CCc1cc(C(=O)N/N=C\c2ccccc2)c2ccccc2n1. The van der Waals surface area contributed by atoms with Gasteiger partial charge in [0.1, 0.15) is 0 Å². The maximum absolute atomic E-state index is 12.5. The molecule has 3 rings (SSSR count). The molecule has 3 aromatic rings. The topological polar surface area (TPSA) is 54.4 Å². The van der Waals surface area contributed by atoms with Gasteiger partial charge in [0.25, 0.3) is 5.91 Å². The second kappa shape index (κ2) is 6.83. The van der Waals surface area contributed by atoms with E-state index in [1.54, 1.807) is 6.21 Å². The number of pyridine rings is 1. The molecule has 0 spiro atoms. The first-order valence-corrected chi connectivity index (χ1v) is 7.55. The fourth-order valence-corrected chi connectivity index (χ4v) is 2.36. The molecule has 114 valence electrons. The minimum atomic E-state index is -0.231. The number of aromatic nitrogens is 1. The third-order valence-electron chi connectivity index (χ3n) is 3.56. The summed E-state index contributed by atoms with van der Waals surface area (Å²) in [7, 11) is 0. The number of carbonyl (C=O) groups is 1. The van der Waals surface area contributed by atoms with Crippen molar-refractivity contribution in [2.45, 2.75) is 13.3 Å². The van der Waals surface area contributed by atoms with E-state index in [0.29, 0.717) is 5.56 Å². The molecule has 2 aromatic carbocycles. The van der Waals surface area contributed by atoms with Gasteiger partial charge in [0.05, 0.1) is 17.3 Å². The van der Waals surface area contributed by atoms with Crippen LogP contribution in [0.4, 0.5) is 0 Å². The van der Waals surface area contributed by atoms with Gasteiger partial charge >= 0.3 is 0 Å². The van der Waals surface area contributed by atoms with Crippen LogP contribution in [-0.4, -0.2) is 17.1 Å². The molecule has 4 heteroatoms. The van der Waals surface area contributed by atoms with E-state index in [1.807, 2.05) is 67.6 Å². The molecule has 0 bridgehead atoms. The van der Waals surface area contributed by atoms with Crippen molar-refractivity contribution < 1.29 is 4.79 Å². The Morgan fingerprint density at radius 3 is 2.65 bits per heavy atom. The molecular weight excluding hydrogens is 286 g/mol. The zero-order valence-corrected chi connectivity index (χ0v) is 12.9. The number of aryl methyl sites for hydroxylation is 1. The first-order valence-electron chi connectivity index (χ1n) is 7.55. The van der Waals surface area contributed by atoms with Crippen LogP contribution in [0.1, 0.15) is 28.5 Å². The van der Waals surface area contributed by atoms with Gasteiger partial charge in [-0.1, -0.05) is 55.5 Å². The van der Waals surface area contributed by atoms with E-state index < -0.39 is 0 Å². The molecule has 0 fully saturated rings. The smallest absolute Gasteiger partial charge is 0.267 e. The van der Waals surface area contributed by atoms with Gasteiger partial charge in [-0.3, -0.25) is 9.78 Å². The van der Waals surface area contributed by atoms with E-state index in [1.165, 1.54) is 0 Å². The molecule has 4 nitrogen and oxygen atoms in total. The highest BCUT2D eigenvalue weighted by Crippen LogP contribution is 2.18. The molecule has 0 atom stereocenters. The highest BCUT2D eigenvalue weighted by Gasteiger charge is 2.11. The van der Waals surface area contributed by atoms with Crippen LogP contribution in [0.2, 0.25) is 0 Å². The number of hydrogen-bond acceptors (Lipinski definition) is 3. The molecule has 23 heavy (non-hydrogen) atoms. The molecule has 1 N–H and O–H groups in total. The van der Waals surface area contributed by atoms with Crippen LogP contribution < -0.4 is 5.43 Å². The lowest BCUT2D eigenvalue weighted by Gasteiger charge is -2.07. The molecule has 0 aliphatic rings. The van der Waals surface area contributed by atoms with Crippen LogP contribution in [0.25, 0.3) is 10.9 Å². The van der Waals surface area contributed by atoms with E-state index in [4.69, 9.17) is 0 Å². The van der Waals surface area contributed by atoms with E-state index in [0.717, 1.165) is 28.6 Å². The standard InChI is InChI=1S/C19H17N3O/c1-2-15-12-17(16-10-6-7-11-18(16)21-15)19(23)22-20-13-14-8-4-3-5-9-14/h3-13H,2H2,1H3,(H,22,23)/b20-13-. The molecule has 0 radical (unpaired) electrons. The first kappa shape index (κ1) is 14.9. The Hall–Kier alpha value is -3.01. The van der Waals surface area contributed by atoms with Crippen LogP contribution in [0.15, 0.2) is 65.8 Å². The third-order valence-corrected chi connectivity index (χ3v) is 3.56. The number of nitrogens with zero attached hydrogens (tertiary/aromatic N) is 2. The highest BCUT2D eigenvalue weighted by atomic mass is 16.2. The van der Waals surface area contributed by atoms with Gasteiger partial charge in [-0.2, -0.15) is 5.10 Å². The van der Waals surface area contributed by atoms with Crippen LogP contribution in [0, 0.1) is 0 Å². The van der Waals surface area contributed by atoms with Gasteiger partial charge in [-0.15, -0.1) is 0 Å². The second-order valence-corrected chi connectivity index (χ2v) is 5.14. The fraction of sp³-hybridized carbons (Fsp3) is 0.105. The maximum atomic E-state index is 12.5. The Morgan fingerprint density at radius 1 is 1.13 bits per heavy atom. The quantitative estimate of drug-likeness (QED) is 0.592. The van der Waals surface area contributed by atoms with Crippen molar-refractivity contribution in [1.29, 1.82) is 0 Å². The summed E-state index contributed by atoms with van der Waals surface area (Å²) in [5.41, 5.74) is 5.83. The molecule has 0 unspecified atom stereocenters. The first-order chi connectivity index (χ1) is 11.3. The van der Waals surface area contributed by atoms with Gasteiger partial charge in [-0.25, -0.2) is 5.43 Å². The van der Waals surface area contributed by atoms with Crippen molar-refractivity contribution in [3.05, 3.63) is 77.5 Å². The predicted octanol–water partition coefficient (Wildman–Crippen LogP) is 3.56. The summed E-state index contributed by atoms with van der Waals surface area (Å²) in [4.78, 5) is 17.0. The van der Waals surface area contributed by atoms with Crippen molar-refractivity contribution >= 4 is 23.0 Å². The molecular formula is C19H17N3O. The highest BCUT2D eigenvalue weighted by molar-refractivity contribution is 6.06. The van der Waals surface area contributed by atoms with Crippen molar-refractivity contribution in [1.82, 2.24) is 10.4 Å². The number of carbonyl (C=O) groups excluding carboxylic acids is 1. The minimum absolute atomic E-state index is 0.231. The molecule has 0 aliphatic heterocycles. The van der Waals surface area contributed by atoms with Crippen molar-refractivity contribution in [3.63, 3.8) is 0 Å². The number of hydrazone groups is 1. The Morgan fingerprint density at radius 2 is 1.87 bits per heavy atom. The molecule has 1 amide bonds. The van der Waals surface area contributed by atoms with E-state index in [-0.39, 0.29) is 5.91 Å². The number of amides is 1. The molecule has 1 heterocycles. The maximum Gasteiger partial charge on any atom is 0.272 e. The summed E-state index contributed by atoms with van der Waals surface area (Å²) in [6, 6.07) is 19.1. The Bertz CT molecular complexity index is 857. The Kier molecular flexibility index (Phi) is 4.43. The fourth-order valence-electron chi connectivity index (χ4n) is 2.36. The summed E-state index contributed by atoms with van der Waals surface area (Å²) < 4.78 is 0. The van der Waals surface area contributed by atoms with Crippen molar-refractivity contribution in [2.24, 2.45) is 5.10 Å². The number of rotatable bonds is 4. The normalized spacial score (nSPS) is 11.0. The minimum Gasteiger partial charge on any atom is -0.267 e. The van der Waals surface area contributed by atoms with Gasteiger partial charge in [0.2, 0.25) is 0 Å². The molecule has 0 saturated heterocycles. The monoisotopic (exact) mass is 303 g/mol. The number of benzene rings is 2. The molecule has 0 saturated carbocycles. The zero-order chi connectivity index (χ0) is 16.1. The summed E-state index contributed by atoms with van der Waals surface area (Å²) in [6.45, 7) is 2.02. The van der Waals surface area contributed by atoms with Gasteiger partial charge in [0, 0.05) is 11.1 Å². The van der Waals surface area contributed by atoms with Crippen LogP contribution >= 0.6 is 0 Å². The summed E-state index contributed by atoms with van der Waals surface area (Å²) in [5.74, 6) is -0.231. The van der Waals surface area contributed by atoms with Gasteiger partial charge < -0.3 is 0 Å². The van der Waals surface area contributed by atoms with E-state index in [9.17, 15) is 4.79 Å². The Labute approximate surface area is 134 Å². The molecule has 0 aliphatic carbocycles. The van der Waals surface area contributed by atoms with Crippen molar-refractivity contribution in [3.8, 4) is 0 Å². The summed E-state index contributed by atoms with van der Waals surface area (Å²) in [6.07, 6.45) is 2.40. The zero-order valence-electron chi connectivity index (χ0n) is 12.9. The van der Waals surface area contributed by atoms with Crippen molar-refractivity contribution in [2.75, 3.05) is 0 Å². The Balaban J connectivity index is 1.87. The average molecular weight is 303 g/mol. The predicted molar refractivity (Wildman–Crippen MR) is 92.6 cm³/mol. The lowest BCUT2D eigenvalue weighted by molar-refractivity contribution is 0.0956. The number of hydrogen-bond donors (Lipinski definition) is 1.